The summed E-state index contributed by atoms with van der Waals surface area (Å²) in [4.78, 5) is 35.0. The third kappa shape index (κ3) is 6.10. The minimum absolute atomic E-state index is 0.281. The van der Waals surface area contributed by atoms with Crippen LogP contribution in [0.15, 0.2) is 63.8 Å². The van der Waals surface area contributed by atoms with Gasteiger partial charge in [-0.2, -0.15) is 0 Å². The van der Waals surface area contributed by atoms with Gasteiger partial charge in [0.15, 0.2) is 13.2 Å². The summed E-state index contributed by atoms with van der Waals surface area (Å²) in [5, 5.41) is 3.36. The zero-order chi connectivity index (χ0) is 21.3. The second kappa shape index (κ2) is 10.1. The van der Waals surface area contributed by atoms with Gasteiger partial charge < -0.3 is 23.9 Å². The van der Waals surface area contributed by atoms with Crippen LogP contribution >= 0.6 is 0 Å². The summed E-state index contributed by atoms with van der Waals surface area (Å²) in [5.41, 5.74) is 0.687. The van der Waals surface area contributed by atoms with Crippen LogP contribution in [0.2, 0.25) is 0 Å². The Kier molecular flexibility index (Phi) is 7.05. The van der Waals surface area contributed by atoms with Crippen LogP contribution in [0.25, 0.3) is 11.0 Å². The summed E-state index contributed by atoms with van der Waals surface area (Å²) in [6.07, 6.45) is 0. The van der Waals surface area contributed by atoms with Crippen molar-refractivity contribution in [1.29, 1.82) is 0 Å². The molecule has 0 spiro atoms. The Morgan fingerprint density at radius 3 is 2.57 bits per heavy atom. The van der Waals surface area contributed by atoms with E-state index >= 15 is 0 Å². The molecular weight excluding hydrogens is 390 g/mol. The molecule has 3 aromatic rings. The molecule has 8 heteroatoms. The molecule has 0 fully saturated rings. The SMILES string of the molecule is Cc1cc(=O)oc2cc(OCC(=O)OCC(=O)NCCOc3ccccc3)ccc12. The van der Waals surface area contributed by atoms with Crippen LogP contribution in [0.4, 0.5) is 0 Å². The molecule has 0 aliphatic rings. The fraction of sp³-hybridized carbons (Fsp3) is 0.227. The Balaban J connectivity index is 1.37. The molecule has 0 bridgehead atoms. The van der Waals surface area contributed by atoms with Gasteiger partial charge in [0, 0.05) is 17.5 Å². The van der Waals surface area contributed by atoms with Crippen LogP contribution < -0.4 is 20.4 Å². The quantitative estimate of drug-likeness (QED) is 0.327. The summed E-state index contributed by atoms with van der Waals surface area (Å²) in [5.74, 6) is -0.0893. The van der Waals surface area contributed by atoms with Crippen molar-refractivity contribution >= 4 is 22.8 Å². The largest absolute Gasteiger partial charge is 0.492 e. The highest BCUT2D eigenvalue weighted by Crippen LogP contribution is 2.22. The molecule has 156 valence electrons. The Hall–Kier alpha value is -3.81. The number of esters is 1. The summed E-state index contributed by atoms with van der Waals surface area (Å²) in [6.45, 7) is 1.58. The van der Waals surface area contributed by atoms with Crippen LogP contribution in [-0.4, -0.2) is 38.2 Å². The molecule has 0 unspecified atom stereocenters. The number of fused-ring (bicyclic) bond motifs is 1. The predicted octanol–water partition coefficient (Wildman–Crippen LogP) is 2.22. The number of amides is 1. The van der Waals surface area contributed by atoms with E-state index in [0.717, 1.165) is 10.9 Å². The number of benzene rings is 2. The van der Waals surface area contributed by atoms with Crippen LogP contribution in [0.5, 0.6) is 11.5 Å². The third-order valence-corrected chi connectivity index (χ3v) is 4.08. The molecule has 1 amide bonds. The lowest BCUT2D eigenvalue weighted by Crippen LogP contribution is -2.32. The Bertz CT molecular complexity index is 1080. The van der Waals surface area contributed by atoms with Gasteiger partial charge in [-0.15, -0.1) is 0 Å². The summed E-state index contributed by atoms with van der Waals surface area (Å²) in [7, 11) is 0. The molecule has 8 nitrogen and oxygen atoms in total. The van der Waals surface area contributed by atoms with Crippen molar-refractivity contribution in [2.24, 2.45) is 0 Å². The van der Waals surface area contributed by atoms with Crippen LogP contribution in [0.1, 0.15) is 5.56 Å². The number of carbonyl (C=O) groups is 2. The highest BCUT2D eigenvalue weighted by Gasteiger charge is 2.10. The lowest BCUT2D eigenvalue weighted by molar-refractivity contribution is -0.150. The van der Waals surface area contributed by atoms with Gasteiger partial charge >= 0.3 is 11.6 Å². The smallest absolute Gasteiger partial charge is 0.344 e. The fourth-order valence-electron chi connectivity index (χ4n) is 2.65. The van der Waals surface area contributed by atoms with Gasteiger partial charge in [0.05, 0.1) is 6.54 Å². The van der Waals surface area contributed by atoms with E-state index in [1.54, 1.807) is 19.1 Å². The molecule has 3 rings (SSSR count). The maximum Gasteiger partial charge on any atom is 0.344 e. The first-order valence-corrected chi connectivity index (χ1v) is 9.29. The lowest BCUT2D eigenvalue weighted by Gasteiger charge is -2.09. The Morgan fingerprint density at radius 2 is 1.77 bits per heavy atom. The van der Waals surface area contributed by atoms with Crippen LogP contribution in [0.3, 0.4) is 0 Å². The standard InChI is InChI=1S/C22H21NO7/c1-15-11-21(25)30-19-12-17(7-8-18(15)19)28-14-22(26)29-13-20(24)23-9-10-27-16-5-3-2-4-6-16/h2-8,11-12H,9-10,13-14H2,1H3,(H,23,24). The molecule has 0 atom stereocenters. The maximum atomic E-state index is 11.8. The molecule has 1 heterocycles. The maximum absolute atomic E-state index is 11.8. The second-order valence-corrected chi connectivity index (χ2v) is 6.37. The topological polar surface area (TPSA) is 104 Å². The van der Waals surface area contributed by atoms with E-state index in [-0.39, 0.29) is 13.2 Å². The molecular formula is C22H21NO7. The first-order valence-electron chi connectivity index (χ1n) is 9.29. The predicted molar refractivity (Wildman–Crippen MR) is 109 cm³/mol. The number of ether oxygens (including phenoxy) is 3. The molecule has 1 N–H and O–H groups in total. The van der Waals surface area contributed by atoms with Crippen molar-refractivity contribution in [1.82, 2.24) is 5.32 Å². The van der Waals surface area contributed by atoms with Gasteiger partial charge in [-0.05, 0) is 36.8 Å². The number of hydrogen-bond acceptors (Lipinski definition) is 7. The third-order valence-electron chi connectivity index (χ3n) is 4.08. The molecule has 0 saturated carbocycles. The molecule has 0 aliphatic heterocycles. The van der Waals surface area contributed by atoms with Gasteiger partial charge in [0.2, 0.25) is 0 Å². The number of carbonyl (C=O) groups excluding carboxylic acids is 2. The zero-order valence-electron chi connectivity index (χ0n) is 16.4. The van der Waals surface area contributed by atoms with E-state index in [1.807, 2.05) is 30.3 Å². The first kappa shape index (κ1) is 20.9. The minimum atomic E-state index is -0.698. The van der Waals surface area contributed by atoms with Crippen LogP contribution in [0, 0.1) is 6.92 Å². The van der Waals surface area contributed by atoms with Crippen molar-refractivity contribution in [3.8, 4) is 11.5 Å². The zero-order valence-corrected chi connectivity index (χ0v) is 16.4. The van der Waals surface area contributed by atoms with E-state index in [1.165, 1.54) is 12.1 Å². The normalized spacial score (nSPS) is 10.4. The van der Waals surface area contributed by atoms with Crippen molar-refractivity contribution in [3.63, 3.8) is 0 Å². The van der Waals surface area contributed by atoms with Crippen molar-refractivity contribution in [2.75, 3.05) is 26.4 Å². The molecule has 2 aromatic carbocycles. The van der Waals surface area contributed by atoms with Crippen molar-refractivity contribution in [2.45, 2.75) is 6.92 Å². The number of nitrogens with one attached hydrogen (secondary N) is 1. The summed E-state index contributed by atoms with van der Waals surface area (Å²) >= 11 is 0. The number of hydrogen-bond donors (Lipinski definition) is 1. The van der Waals surface area contributed by atoms with E-state index in [2.05, 4.69) is 5.32 Å². The lowest BCUT2D eigenvalue weighted by atomic mass is 10.1. The van der Waals surface area contributed by atoms with Gasteiger partial charge in [-0.25, -0.2) is 9.59 Å². The second-order valence-electron chi connectivity index (χ2n) is 6.37. The average Bonchev–Trinajstić information content (AvgIpc) is 2.74. The Morgan fingerprint density at radius 1 is 0.967 bits per heavy atom. The van der Waals surface area contributed by atoms with Gasteiger partial charge in [-0.1, -0.05) is 18.2 Å². The van der Waals surface area contributed by atoms with E-state index in [4.69, 9.17) is 18.6 Å². The Labute approximate surface area is 172 Å². The molecule has 0 radical (unpaired) electrons. The van der Waals surface area contributed by atoms with E-state index in [0.29, 0.717) is 23.7 Å². The monoisotopic (exact) mass is 411 g/mol. The number of rotatable bonds is 9. The first-order chi connectivity index (χ1) is 14.5. The van der Waals surface area contributed by atoms with Crippen molar-refractivity contribution < 1.29 is 28.2 Å². The number of para-hydroxylation sites is 1. The van der Waals surface area contributed by atoms with E-state index in [9.17, 15) is 14.4 Å². The van der Waals surface area contributed by atoms with Gasteiger partial charge in [0.1, 0.15) is 23.7 Å². The molecule has 1 aromatic heterocycles. The highest BCUT2D eigenvalue weighted by atomic mass is 16.6. The van der Waals surface area contributed by atoms with E-state index < -0.39 is 24.1 Å². The van der Waals surface area contributed by atoms with Gasteiger partial charge in [-0.3, -0.25) is 4.79 Å². The number of aryl methyl sites for hydroxylation is 1. The minimum Gasteiger partial charge on any atom is -0.492 e. The van der Waals surface area contributed by atoms with Crippen LogP contribution in [-0.2, 0) is 14.3 Å². The van der Waals surface area contributed by atoms with Gasteiger partial charge in [0.25, 0.3) is 5.91 Å². The van der Waals surface area contributed by atoms with Crippen molar-refractivity contribution in [3.05, 3.63) is 70.6 Å². The summed E-state index contributed by atoms with van der Waals surface area (Å²) in [6, 6.07) is 15.5. The average molecular weight is 411 g/mol. The molecule has 0 aliphatic carbocycles. The molecule has 30 heavy (non-hydrogen) atoms. The fourth-order valence-corrected chi connectivity index (χ4v) is 2.65. The molecule has 0 saturated heterocycles. The highest BCUT2D eigenvalue weighted by molar-refractivity contribution is 5.82. The summed E-state index contributed by atoms with van der Waals surface area (Å²) < 4.78 is 20.8.